The highest BCUT2D eigenvalue weighted by molar-refractivity contribution is 6.01. The molecule has 3 aromatic carbocycles. The molecule has 1 aromatic heterocycles. The number of rotatable bonds is 29. The van der Waals surface area contributed by atoms with Crippen molar-refractivity contribution < 1.29 is 87.5 Å². The third-order valence-electron chi connectivity index (χ3n) is 21.9. The molecule has 6 rings (SSSR count). The van der Waals surface area contributed by atoms with E-state index >= 15 is 24.0 Å². The standard InChI is InChI=1S/C85H120N8O18/c1-52(2)38-61-43-72(99)55(6)88-79(107)63(42-68-66-27-18-17-25-60(66)49-87-68)45-73(100)70(41-58-28-31-64(97)32-29-58)90-78(106)59(30-33-77(104)105)46-76(103)85(35-37-93(51-85)36-20-13-11-9-10-12-19-34-84(8,83(86)111)48-75(102)69(39-53(3)4)89-80(61)108)92-81(109)62(40-57-23-15-14-16-24-57)44-74(101)71(50-94)91-82(110)67(56(7)96)47-65(98)26-21-22-54(5)95/h14-18,23-25,27-29,31-32,49,52-53,55-56,59,61-63,67,69-71,87,94,96-97H,9-13,19-22,26,30,33-48,50-51H2,1-8H3,(H2,86,111)(H,88,107)(H,89,108)(H,90,106)(H,91,110)(H,92,109)(H,104,105)/t55-,56?,59+,61+,62+,63+,67-,69-,70-,71-,84+,85+/m0/s1. The number of nitrogens with two attached hydrogens (primary N) is 1. The number of nitrogens with zero attached hydrogens (tertiary/aromatic N) is 1. The van der Waals surface area contributed by atoms with E-state index in [1.54, 1.807) is 49.5 Å². The van der Waals surface area contributed by atoms with Gasteiger partial charge in [-0.15, -0.1) is 0 Å². The van der Waals surface area contributed by atoms with Gasteiger partial charge in [-0.05, 0) is 126 Å². The number of hydrogen-bond donors (Lipinski definition) is 11. The maximum absolute atomic E-state index is 15.8. The largest absolute Gasteiger partial charge is 0.508 e. The molecule has 0 spiro atoms. The Morgan fingerprint density at radius 3 is 1.91 bits per heavy atom. The second-order valence-electron chi connectivity index (χ2n) is 32.4. The van der Waals surface area contributed by atoms with E-state index in [9.17, 15) is 63.6 Å². The summed E-state index contributed by atoms with van der Waals surface area (Å²) >= 11 is 0. The minimum Gasteiger partial charge on any atom is -0.508 e. The van der Waals surface area contributed by atoms with E-state index in [-0.39, 0.29) is 113 Å². The normalized spacial score (nSPS) is 24.2. The number of hydrogen-bond acceptors (Lipinski definition) is 18. The molecule has 26 nitrogen and oxygen atoms in total. The number of carboxylic acids is 1. The van der Waals surface area contributed by atoms with Crippen LogP contribution in [0.2, 0.25) is 0 Å². The molecule has 13 atom stereocenters. The van der Waals surface area contributed by atoms with Gasteiger partial charge in [-0.1, -0.05) is 140 Å². The van der Waals surface area contributed by atoms with Gasteiger partial charge in [-0.25, -0.2) is 0 Å². The number of H-pyrrole nitrogens is 1. The summed E-state index contributed by atoms with van der Waals surface area (Å²) < 4.78 is 0. The number of carbonyl (C=O) groups excluding carboxylic acids is 13. The van der Waals surface area contributed by atoms with E-state index < -0.39 is 186 Å². The van der Waals surface area contributed by atoms with Gasteiger partial charge in [0, 0.05) is 112 Å². The molecule has 2 saturated heterocycles. The number of aromatic amines is 1. The molecule has 3 heterocycles. The van der Waals surface area contributed by atoms with Gasteiger partial charge in [-0.2, -0.15) is 0 Å². The summed E-state index contributed by atoms with van der Waals surface area (Å²) in [5.74, 6) is -16.0. The third-order valence-corrected chi connectivity index (χ3v) is 21.9. The average molecular weight is 1540 g/mol. The molecule has 2 fully saturated rings. The van der Waals surface area contributed by atoms with Gasteiger partial charge in [0.25, 0.3) is 0 Å². The van der Waals surface area contributed by atoms with E-state index in [2.05, 4.69) is 31.6 Å². The number of benzene rings is 3. The van der Waals surface area contributed by atoms with Crippen molar-refractivity contribution in [3.63, 3.8) is 0 Å². The van der Waals surface area contributed by atoms with Gasteiger partial charge in [0.2, 0.25) is 35.4 Å². The lowest BCUT2D eigenvalue weighted by Gasteiger charge is -2.33. The first kappa shape index (κ1) is 90.7. The Labute approximate surface area is 651 Å². The maximum atomic E-state index is 15.8. The van der Waals surface area contributed by atoms with E-state index in [0.29, 0.717) is 42.6 Å². The van der Waals surface area contributed by atoms with E-state index in [4.69, 9.17) is 5.73 Å². The van der Waals surface area contributed by atoms with Crippen LogP contribution in [0, 0.1) is 46.8 Å². The smallest absolute Gasteiger partial charge is 0.303 e. The van der Waals surface area contributed by atoms with Gasteiger partial charge in [-0.3, -0.25) is 62.3 Å². The maximum Gasteiger partial charge on any atom is 0.303 e. The summed E-state index contributed by atoms with van der Waals surface area (Å²) in [6, 6.07) is 16.4. The van der Waals surface area contributed by atoms with Crippen LogP contribution in [0.1, 0.15) is 213 Å². The minimum atomic E-state index is -1.79. The SMILES string of the molecule is CC(=O)CCCC(=O)C[C@H](C(=O)N[C@@H](CO)C(=O)C[C@@H](Cc1ccccc1)C(=O)N[C@@]12CCN(CCCCCCCCC[C@@](C)(C(N)=O)CC(=O)[C@H](CC(C)C)NC(=O)[C@H](CC(C)C)CC(=O)[C@H](C)NC(=O)[C@H](Cc3[nH]cc4ccccc34)CC(=O)[C@H](Cc3ccc(O)cc3)NC(=O)[C@H](CCC(=O)O)CC1=O)C2)C(C)O. The Kier molecular flexibility index (Phi) is 36.1. The molecule has 2 unspecified atom stereocenters. The van der Waals surface area contributed by atoms with E-state index in [1.165, 1.54) is 45.0 Å². The fourth-order valence-electron chi connectivity index (χ4n) is 15.1. The number of phenolic OH excluding ortho intramolecular Hbond substituents is 1. The van der Waals surface area contributed by atoms with Crippen LogP contribution in [-0.4, -0.2) is 174 Å². The number of aromatic hydroxyl groups is 1. The van der Waals surface area contributed by atoms with Crippen LogP contribution >= 0.6 is 0 Å². The number of Topliss-reactive ketones (excluding diaryl/α,β-unsaturated/α-hetero) is 7. The lowest BCUT2D eigenvalue weighted by molar-refractivity contribution is -0.140. The molecule has 608 valence electrons. The number of phenols is 1. The Balaban J connectivity index is 1.40. The van der Waals surface area contributed by atoms with Gasteiger partial charge in [0.05, 0.1) is 48.1 Å². The van der Waals surface area contributed by atoms with Crippen molar-refractivity contribution in [1.29, 1.82) is 0 Å². The molecule has 4 aromatic rings. The zero-order chi connectivity index (χ0) is 81.7. The van der Waals surface area contributed by atoms with Crippen LogP contribution in [0.5, 0.6) is 5.75 Å². The Bertz CT molecular complexity index is 3850. The highest BCUT2D eigenvalue weighted by Gasteiger charge is 2.48. The monoisotopic (exact) mass is 1540 g/mol. The van der Waals surface area contributed by atoms with Crippen LogP contribution in [0.4, 0.5) is 0 Å². The van der Waals surface area contributed by atoms with Crippen LogP contribution < -0.4 is 32.3 Å². The molecule has 2 bridgehead atoms. The number of amides is 6. The van der Waals surface area contributed by atoms with Gasteiger partial charge >= 0.3 is 5.97 Å². The van der Waals surface area contributed by atoms with Gasteiger partial charge in [0.15, 0.2) is 28.9 Å². The quantitative estimate of drug-likeness (QED) is 0.0245. The molecular formula is C85H120N8O18. The van der Waals surface area contributed by atoms with E-state index in [1.807, 2.05) is 50.8 Å². The summed E-state index contributed by atoms with van der Waals surface area (Å²) in [5, 5.41) is 57.6. The topological polar surface area (TPSA) is 425 Å². The lowest BCUT2D eigenvalue weighted by Crippen LogP contribution is -2.59. The Morgan fingerprint density at radius 2 is 1.27 bits per heavy atom. The lowest BCUT2D eigenvalue weighted by atomic mass is 9.77. The zero-order valence-corrected chi connectivity index (χ0v) is 66.0. The number of aromatic nitrogens is 1. The van der Waals surface area contributed by atoms with Crippen LogP contribution in [-0.2, 0) is 86.4 Å². The number of carbonyl (C=O) groups is 14. The number of primary amides is 1. The molecule has 2 aliphatic rings. The molecule has 2 aliphatic heterocycles. The average Bonchev–Trinajstić information content (AvgIpc) is 1.67. The zero-order valence-electron chi connectivity index (χ0n) is 66.0. The third kappa shape index (κ3) is 29.2. The fourth-order valence-corrected chi connectivity index (χ4v) is 15.1. The van der Waals surface area contributed by atoms with Crippen molar-refractivity contribution in [2.75, 3.05) is 26.2 Å². The van der Waals surface area contributed by atoms with Crippen molar-refractivity contribution >= 4 is 92.7 Å². The summed E-state index contributed by atoms with van der Waals surface area (Å²) in [6.45, 7) is 13.1. The second kappa shape index (κ2) is 44.2. The van der Waals surface area contributed by atoms with Crippen molar-refractivity contribution in [3.8, 4) is 5.75 Å². The molecule has 0 radical (unpaired) electrons. The summed E-state index contributed by atoms with van der Waals surface area (Å²) in [4.78, 5) is 204. The van der Waals surface area contributed by atoms with Crippen molar-refractivity contribution in [1.82, 2.24) is 36.5 Å². The first-order chi connectivity index (χ1) is 52.6. The molecule has 12 N–H and O–H groups in total. The van der Waals surface area contributed by atoms with Crippen LogP contribution in [0.25, 0.3) is 10.8 Å². The summed E-state index contributed by atoms with van der Waals surface area (Å²) in [7, 11) is 0. The number of fused-ring (bicyclic) bond motifs is 3. The fraction of sp³-hybridized carbons (Fsp3) is 0.600. The Hall–Kier alpha value is -9.14. The van der Waals surface area contributed by atoms with Crippen LogP contribution in [0.15, 0.2) is 85.1 Å². The minimum absolute atomic E-state index is 0.00648. The van der Waals surface area contributed by atoms with Gasteiger partial charge in [0.1, 0.15) is 28.9 Å². The predicted molar refractivity (Wildman–Crippen MR) is 418 cm³/mol. The number of nitrogens with one attached hydrogen (secondary N) is 6. The molecular weight excluding hydrogens is 1420 g/mol. The number of carboxylic acid groups (broad SMARTS) is 1. The molecule has 0 aliphatic carbocycles. The predicted octanol–water partition coefficient (Wildman–Crippen LogP) is 7.97. The summed E-state index contributed by atoms with van der Waals surface area (Å²) in [5.41, 5.74) is 4.64. The number of ketones is 7. The first-order valence-corrected chi connectivity index (χ1v) is 39.7. The Morgan fingerprint density at radius 1 is 0.649 bits per heavy atom. The number of aliphatic hydroxyl groups is 2. The highest BCUT2D eigenvalue weighted by atomic mass is 16.4. The molecule has 6 amide bonds. The van der Waals surface area contributed by atoms with Crippen molar-refractivity contribution in [2.24, 2.45) is 52.6 Å². The second-order valence-corrected chi connectivity index (χ2v) is 32.4. The number of aliphatic carboxylic acids is 1. The first-order valence-electron chi connectivity index (χ1n) is 39.7. The van der Waals surface area contributed by atoms with Gasteiger partial charge < -0.3 is 67.4 Å². The molecule has 0 saturated carbocycles. The van der Waals surface area contributed by atoms with Crippen LogP contribution in [0.3, 0.4) is 0 Å². The highest BCUT2D eigenvalue weighted by Crippen LogP contribution is 2.34. The number of aliphatic hydroxyl groups excluding tert-OH is 2. The van der Waals surface area contributed by atoms with Crippen molar-refractivity contribution in [3.05, 3.63) is 102 Å². The molecule has 26 heteroatoms. The van der Waals surface area contributed by atoms with E-state index in [0.717, 1.165) is 42.9 Å². The molecule has 111 heavy (non-hydrogen) atoms. The summed E-state index contributed by atoms with van der Waals surface area (Å²) in [6.07, 6.45) is 2.29. The van der Waals surface area contributed by atoms with Crippen molar-refractivity contribution in [2.45, 2.75) is 252 Å².